The zero-order valence-corrected chi connectivity index (χ0v) is 20.5. The van der Waals surface area contributed by atoms with E-state index in [1.54, 1.807) is 0 Å². The molecule has 2 aliphatic rings. The van der Waals surface area contributed by atoms with Gasteiger partial charge in [0.25, 0.3) is 0 Å². The molecule has 1 aromatic carbocycles. The molecule has 0 heterocycles. The average Bonchev–Trinajstić information content (AvgIpc) is 2.76. The third-order valence-corrected chi connectivity index (χ3v) is 8.74. The Morgan fingerprint density at radius 1 is 0.862 bits per heavy atom. The summed E-state index contributed by atoms with van der Waals surface area (Å²) in [6.45, 7) is 5.39. The highest BCUT2D eigenvalue weighted by Gasteiger charge is 2.29. The molecule has 1 aromatic rings. The maximum Gasteiger partial charge on any atom is 0.119 e. The molecule has 0 aliphatic heterocycles. The van der Waals surface area contributed by atoms with E-state index in [2.05, 4.69) is 54.0 Å². The van der Waals surface area contributed by atoms with Crippen molar-refractivity contribution in [1.82, 2.24) is 0 Å². The quantitative estimate of drug-likeness (QED) is 0.249. The van der Waals surface area contributed by atoms with Crippen molar-refractivity contribution in [2.45, 2.75) is 108 Å². The van der Waals surface area contributed by atoms with E-state index in [1.165, 1.54) is 82.6 Å². The summed E-state index contributed by atoms with van der Waals surface area (Å²) in [7, 11) is 0. The molecule has 2 saturated carbocycles. The third-order valence-electron chi connectivity index (χ3n) is 7.62. The second kappa shape index (κ2) is 12.4. The molecular formula is C27H43BrO. The minimum atomic E-state index is 0.756. The summed E-state index contributed by atoms with van der Waals surface area (Å²) in [5.41, 5.74) is 1.52. The zero-order chi connectivity index (χ0) is 20.5. The Morgan fingerprint density at radius 3 is 2.14 bits per heavy atom. The van der Waals surface area contributed by atoms with Gasteiger partial charge < -0.3 is 4.74 Å². The number of hydrogen-bond acceptors (Lipinski definition) is 1. The van der Waals surface area contributed by atoms with Gasteiger partial charge >= 0.3 is 0 Å². The number of halogens is 1. The van der Waals surface area contributed by atoms with Gasteiger partial charge in [0, 0.05) is 4.83 Å². The molecule has 29 heavy (non-hydrogen) atoms. The van der Waals surface area contributed by atoms with Gasteiger partial charge in [-0.2, -0.15) is 0 Å². The first-order valence-electron chi connectivity index (χ1n) is 12.6. The lowest BCUT2D eigenvalue weighted by Gasteiger charge is -2.35. The van der Waals surface area contributed by atoms with Crippen LogP contribution >= 0.6 is 15.9 Å². The third kappa shape index (κ3) is 7.30. The smallest absolute Gasteiger partial charge is 0.119 e. The van der Waals surface area contributed by atoms with Crippen molar-refractivity contribution < 1.29 is 4.74 Å². The lowest BCUT2D eigenvalue weighted by atomic mass is 9.74. The van der Waals surface area contributed by atoms with E-state index in [0.29, 0.717) is 0 Å². The van der Waals surface area contributed by atoms with Crippen LogP contribution in [0.1, 0.15) is 109 Å². The van der Waals surface area contributed by atoms with Crippen molar-refractivity contribution in [2.75, 3.05) is 6.61 Å². The topological polar surface area (TPSA) is 9.23 Å². The molecule has 2 aliphatic carbocycles. The van der Waals surface area contributed by atoms with Crippen molar-refractivity contribution >= 4 is 15.9 Å². The summed E-state index contributed by atoms with van der Waals surface area (Å²) in [5, 5.41) is 0. The van der Waals surface area contributed by atoms with Crippen molar-refractivity contribution in [3.8, 4) is 5.75 Å². The zero-order valence-electron chi connectivity index (χ0n) is 18.9. The van der Waals surface area contributed by atoms with Gasteiger partial charge in [-0.1, -0.05) is 74.0 Å². The molecule has 0 spiro atoms. The molecule has 1 atom stereocenters. The van der Waals surface area contributed by atoms with Crippen LogP contribution in [0.25, 0.3) is 0 Å². The van der Waals surface area contributed by atoms with E-state index in [4.69, 9.17) is 4.74 Å². The largest absolute Gasteiger partial charge is 0.494 e. The van der Waals surface area contributed by atoms with Gasteiger partial charge in [-0.25, -0.2) is 0 Å². The fourth-order valence-corrected chi connectivity index (χ4v) is 6.72. The molecule has 0 amide bonds. The predicted molar refractivity (Wildman–Crippen MR) is 129 cm³/mol. The highest BCUT2D eigenvalue weighted by molar-refractivity contribution is 9.09. The van der Waals surface area contributed by atoms with Gasteiger partial charge in [0.05, 0.1) is 6.61 Å². The summed E-state index contributed by atoms with van der Waals surface area (Å²) in [4.78, 5) is 0.756. The monoisotopic (exact) mass is 462 g/mol. The fourth-order valence-electron chi connectivity index (χ4n) is 5.66. The maximum absolute atomic E-state index is 5.82. The van der Waals surface area contributed by atoms with Gasteiger partial charge in [0.15, 0.2) is 0 Å². The van der Waals surface area contributed by atoms with Crippen LogP contribution in [0.15, 0.2) is 24.3 Å². The van der Waals surface area contributed by atoms with E-state index in [0.717, 1.165) is 47.3 Å². The first kappa shape index (κ1) is 23.2. The summed E-state index contributed by atoms with van der Waals surface area (Å²) < 4.78 is 5.82. The number of hydrogen-bond donors (Lipinski definition) is 0. The molecule has 2 heteroatoms. The number of benzene rings is 1. The average molecular weight is 464 g/mol. The van der Waals surface area contributed by atoms with Crippen LogP contribution < -0.4 is 4.74 Å². The summed E-state index contributed by atoms with van der Waals surface area (Å²) in [6.07, 6.45) is 18.0. The first-order chi connectivity index (χ1) is 14.2. The lowest BCUT2D eigenvalue weighted by molar-refractivity contribution is 0.232. The van der Waals surface area contributed by atoms with Gasteiger partial charge in [0.1, 0.15) is 5.75 Å². The normalized spacial score (nSPS) is 28.8. The Bertz CT molecular complexity index is 552. The Kier molecular flexibility index (Phi) is 9.89. The Balaban J connectivity index is 1.38. The van der Waals surface area contributed by atoms with Crippen LogP contribution in [0, 0.1) is 17.8 Å². The highest BCUT2D eigenvalue weighted by Crippen LogP contribution is 2.42. The minimum absolute atomic E-state index is 0.756. The van der Waals surface area contributed by atoms with Crippen LogP contribution in [0.2, 0.25) is 0 Å². The van der Waals surface area contributed by atoms with Gasteiger partial charge in [-0.15, -0.1) is 0 Å². The van der Waals surface area contributed by atoms with Crippen LogP contribution in [0.3, 0.4) is 0 Å². The molecule has 0 radical (unpaired) electrons. The molecule has 1 nitrogen and oxygen atoms in total. The van der Waals surface area contributed by atoms with Crippen molar-refractivity contribution in [3.63, 3.8) is 0 Å². The van der Waals surface area contributed by atoms with E-state index < -0.39 is 0 Å². The standard InChI is InChI=1S/C27H43BrO/c1-3-5-19-29-26-17-15-24(16-18-26)23-11-9-22(10-12-23)20-27(28)25-13-7-21(6-4-2)8-14-25/h15-18,21-23,25,27H,3-14,19-20H2,1-2H3. The van der Waals surface area contributed by atoms with Crippen molar-refractivity contribution in [3.05, 3.63) is 29.8 Å². The van der Waals surface area contributed by atoms with E-state index in [1.807, 2.05) is 0 Å². The number of ether oxygens (including phenoxy) is 1. The SMILES string of the molecule is CCCCOc1ccc(C2CCC(CC(Br)C3CCC(CCC)CC3)CC2)cc1. The van der Waals surface area contributed by atoms with Gasteiger partial charge in [-0.05, 0) is 92.7 Å². The van der Waals surface area contributed by atoms with Crippen LogP contribution in [0.5, 0.6) is 5.75 Å². The second-order valence-corrected chi connectivity index (χ2v) is 11.0. The van der Waals surface area contributed by atoms with Gasteiger partial charge in [-0.3, -0.25) is 0 Å². The fraction of sp³-hybridized carbons (Fsp3) is 0.778. The summed E-state index contributed by atoms with van der Waals surface area (Å²) >= 11 is 4.11. The molecule has 3 rings (SSSR count). The second-order valence-electron chi connectivity index (χ2n) is 9.81. The van der Waals surface area contributed by atoms with E-state index >= 15 is 0 Å². The predicted octanol–water partition coefficient (Wildman–Crippen LogP) is 8.90. The molecule has 164 valence electrons. The molecule has 2 fully saturated rings. The molecule has 0 N–H and O–H groups in total. The first-order valence-corrected chi connectivity index (χ1v) is 13.5. The Hall–Kier alpha value is -0.500. The number of alkyl halides is 1. The molecular weight excluding hydrogens is 420 g/mol. The Labute approximate surface area is 188 Å². The highest BCUT2D eigenvalue weighted by atomic mass is 79.9. The van der Waals surface area contributed by atoms with E-state index in [-0.39, 0.29) is 0 Å². The van der Waals surface area contributed by atoms with Crippen LogP contribution in [-0.4, -0.2) is 11.4 Å². The summed E-state index contributed by atoms with van der Waals surface area (Å²) in [6, 6.07) is 8.99. The van der Waals surface area contributed by atoms with Crippen LogP contribution in [0.4, 0.5) is 0 Å². The van der Waals surface area contributed by atoms with E-state index in [9.17, 15) is 0 Å². The van der Waals surface area contributed by atoms with Crippen molar-refractivity contribution in [2.24, 2.45) is 17.8 Å². The van der Waals surface area contributed by atoms with Crippen LogP contribution in [-0.2, 0) is 0 Å². The molecule has 0 saturated heterocycles. The Morgan fingerprint density at radius 2 is 1.52 bits per heavy atom. The maximum atomic E-state index is 5.82. The van der Waals surface area contributed by atoms with Crippen molar-refractivity contribution in [1.29, 1.82) is 0 Å². The molecule has 1 unspecified atom stereocenters. The number of rotatable bonds is 10. The minimum Gasteiger partial charge on any atom is -0.494 e. The molecule has 0 bridgehead atoms. The molecule has 0 aromatic heterocycles. The number of unbranched alkanes of at least 4 members (excludes halogenated alkanes) is 1. The van der Waals surface area contributed by atoms with Gasteiger partial charge in [0.2, 0.25) is 0 Å². The summed E-state index contributed by atoms with van der Waals surface area (Å²) in [5.74, 6) is 4.68. The lowest BCUT2D eigenvalue weighted by Crippen LogP contribution is -2.25.